The maximum Gasteiger partial charge on any atom is 0.122 e. The van der Waals surface area contributed by atoms with Gasteiger partial charge in [-0.15, -0.1) is 12.3 Å². The summed E-state index contributed by atoms with van der Waals surface area (Å²) >= 11 is 0. The van der Waals surface area contributed by atoms with Gasteiger partial charge in [0.1, 0.15) is 11.5 Å². The first-order chi connectivity index (χ1) is 8.67. The van der Waals surface area contributed by atoms with Crippen molar-refractivity contribution in [2.45, 2.75) is 32.2 Å². The summed E-state index contributed by atoms with van der Waals surface area (Å²) in [7, 11) is 1.65. The van der Waals surface area contributed by atoms with Crippen LogP contribution in [0.3, 0.4) is 0 Å². The zero-order chi connectivity index (χ0) is 13.4. The Morgan fingerprint density at radius 3 is 2.83 bits per heavy atom. The number of unbranched alkanes of at least 4 members (excludes halogenated alkanes) is 1. The van der Waals surface area contributed by atoms with Gasteiger partial charge in [-0.1, -0.05) is 0 Å². The molecule has 3 nitrogen and oxygen atoms in total. The molecule has 2 N–H and O–H groups in total. The van der Waals surface area contributed by atoms with E-state index in [0.29, 0.717) is 6.61 Å². The summed E-state index contributed by atoms with van der Waals surface area (Å²) in [6, 6.07) is 5.87. The topological polar surface area (TPSA) is 44.5 Å². The highest BCUT2D eigenvalue weighted by Crippen LogP contribution is 2.25. The monoisotopic (exact) mass is 247 g/mol. The number of benzene rings is 1. The van der Waals surface area contributed by atoms with Crippen molar-refractivity contribution in [2.24, 2.45) is 5.73 Å². The molecule has 0 aliphatic carbocycles. The molecular formula is C15H21NO2. The Balaban J connectivity index is 2.72. The average Bonchev–Trinajstić information content (AvgIpc) is 2.35. The number of methoxy groups -OCH3 is 1. The molecule has 18 heavy (non-hydrogen) atoms. The standard InChI is InChI=1S/C15H21NO2/c1-4-5-6-9-18-15-8-7-14(17-3)11-13(15)10-12(2)16/h1,7-8,11-12H,5-6,9-10,16H2,2-3H3. The molecule has 0 radical (unpaired) electrons. The Morgan fingerprint density at radius 1 is 1.44 bits per heavy atom. The molecule has 0 saturated carbocycles. The summed E-state index contributed by atoms with van der Waals surface area (Å²) in [4.78, 5) is 0. The summed E-state index contributed by atoms with van der Waals surface area (Å²) < 4.78 is 10.9. The summed E-state index contributed by atoms with van der Waals surface area (Å²) in [5.74, 6) is 4.29. The van der Waals surface area contributed by atoms with E-state index in [-0.39, 0.29) is 6.04 Å². The molecule has 1 aromatic carbocycles. The number of hydrogen-bond acceptors (Lipinski definition) is 3. The van der Waals surface area contributed by atoms with Crippen molar-refractivity contribution >= 4 is 0 Å². The van der Waals surface area contributed by atoms with Gasteiger partial charge in [-0.05, 0) is 43.5 Å². The van der Waals surface area contributed by atoms with Gasteiger partial charge in [-0.25, -0.2) is 0 Å². The van der Waals surface area contributed by atoms with Gasteiger partial charge in [0, 0.05) is 12.5 Å². The summed E-state index contributed by atoms with van der Waals surface area (Å²) in [6.07, 6.45) is 7.56. The Morgan fingerprint density at radius 2 is 2.22 bits per heavy atom. The minimum Gasteiger partial charge on any atom is -0.497 e. The van der Waals surface area contributed by atoms with Crippen LogP contribution in [0.25, 0.3) is 0 Å². The Labute approximate surface area is 109 Å². The van der Waals surface area contributed by atoms with E-state index in [1.807, 2.05) is 25.1 Å². The Kier molecular flexibility index (Phi) is 6.10. The summed E-state index contributed by atoms with van der Waals surface area (Å²) in [5.41, 5.74) is 6.91. The van der Waals surface area contributed by atoms with E-state index in [2.05, 4.69) is 5.92 Å². The van der Waals surface area contributed by atoms with Crippen LogP contribution in [0.2, 0.25) is 0 Å². The summed E-state index contributed by atoms with van der Waals surface area (Å²) in [6.45, 7) is 2.60. The van der Waals surface area contributed by atoms with E-state index in [9.17, 15) is 0 Å². The second-order valence-electron chi connectivity index (χ2n) is 4.31. The van der Waals surface area contributed by atoms with Crippen LogP contribution in [-0.2, 0) is 6.42 Å². The first-order valence-corrected chi connectivity index (χ1v) is 6.16. The number of terminal acetylenes is 1. The van der Waals surface area contributed by atoms with Crippen LogP contribution in [0, 0.1) is 12.3 Å². The molecule has 1 atom stereocenters. The molecule has 1 aromatic rings. The fourth-order valence-electron chi connectivity index (χ4n) is 1.69. The highest BCUT2D eigenvalue weighted by Gasteiger charge is 2.08. The number of ether oxygens (including phenoxy) is 2. The van der Waals surface area contributed by atoms with E-state index >= 15 is 0 Å². The van der Waals surface area contributed by atoms with Crippen molar-refractivity contribution < 1.29 is 9.47 Å². The quantitative estimate of drug-likeness (QED) is 0.594. The molecule has 0 heterocycles. The number of rotatable bonds is 7. The lowest BCUT2D eigenvalue weighted by molar-refractivity contribution is 0.308. The van der Waals surface area contributed by atoms with Crippen molar-refractivity contribution in [1.29, 1.82) is 0 Å². The minimum absolute atomic E-state index is 0.0881. The van der Waals surface area contributed by atoms with E-state index in [1.165, 1.54) is 0 Å². The van der Waals surface area contributed by atoms with Crippen LogP contribution in [0.1, 0.15) is 25.3 Å². The average molecular weight is 247 g/mol. The van der Waals surface area contributed by atoms with Crippen molar-refractivity contribution in [3.63, 3.8) is 0 Å². The van der Waals surface area contributed by atoms with Crippen molar-refractivity contribution in [3.8, 4) is 23.8 Å². The van der Waals surface area contributed by atoms with Crippen LogP contribution in [0.5, 0.6) is 11.5 Å². The number of nitrogens with two attached hydrogens (primary N) is 1. The van der Waals surface area contributed by atoms with Crippen molar-refractivity contribution in [3.05, 3.63) is 23.8 Å². The lowest BCUT2D eigenvalue weighted by atomic mass is 10.1. The third kappa shape index (κ3) is 4.68. The normalized spacial score (nSPS) is 11.7. The van der Waals surface area contributed by atoms with Crippen molar-refractivity contribution in [2.75, 3.05) is 13.7 Å². The highest BCUT2D eigenvalue weighted by atomic mass is 16.5. The molecule has 0 saturated heterocycles. The summed E-state index contributed by atoms with van der Waals surface area (Å²) in [5, 5.41) is 0. The lowest BCUT2D eigenvalue weighted by Crippen LogP contribution is -2.18. The molecule has 0 aliphatic heterocycles. The predicted molar refractivity (Wildman–Crippen MR) is 73.9 cm³/mol. The molecule has 0 bridgehead atoms. The fourth-order valence-corrected chi connectivity index (χ4v) is 1.69. The molecule has 1 unspecified atom stereocenters. The Bertz CT molecular complexity index is 407. The minimum atomic E-state index is 0.0881. The second kappa shape index (κ2) is 7.62. The van der Waals surface area contributed by atoms with E-state index in [1.54, 1.807) is 7.11 Å². The molecule has 0 amide bonds. The SMILES string of the molecule is C#CCCCOc1ccc(OC)cc1CC(C)N. The third-order valence-corrected chi connectivity index (χ3v) is 2.53. The largest absolute Gasteiger partial charge is 0.497 e. The molecule has 0 aliphatic rings. The maximum absolute atomic E-state index is 5.84. The van der Waals surface area contributed by atoms with Gasteiger partial charge in [0.2, 0.25) is 0 Å². The second-order valence-corrected chi connectivity index (χ2v) is 4.31. The predicted octanol–water partition coefficient (Wildman–Crippen LogP) is 2.38. The molecule has 98 valence electrons. The van der Waals surface area contributed by atoms with Gasteiger partial charge in [-0.3, -0.25) is 0 Å². The zero-order valence-corrected chi connectivity index (χ0v) is 11.1. The van der Waals surface area contributed by atoms with E-state index in [0.717, 1.165) is 36.3 Å². The first-order valence-electron chi connectivity index (χ1n) is 6.16. The van der Waals surface area contributed by atoms with Gasteiger partial charge >= 0.3 is 0 Å². The van der Waals surface area contributed by atoms with Crippen LogP contribution in [-0.4, -0.2) is 19.8 Å². The van der Waals surface area contributed by atoms with Crippen LogP contribution < -0.4 is 15.2 Å². The van der Waals surface area contributed by atoms with Gasteiger partial charge in [0.15, 0.2) is 0 Å². The maximum atomic E-state index is 5.84. The first kappa shape index (κ1) is 14.4. The van der Waals surface area contributed by atoms with Gasteiger partial charge in [0.25, 0.3) is 0 Å². The zero-order valence-electron chi connectivity index (χ0n) is 11.1. The smallest absolute Gasteiger partial charge is 0.122 e. The van der Waals surface area contributed by atoms with Crippen LogP contribution >= 0.6 is 0 Å². The fraction of sp³-hybridized carbons (Fsp3) is 0.467. The van der Waals surface area contributed by atoms with Crippen LogP contribution in [0.15, 0.2) is 18.2 Å². The van der Waals surface area contributed by atoms with E-state index in [4.69, 9.17) is 21.6 Å². The van der Waals surface area contributed by atoms with Crippen molar-refractivity contribution in [1.82, 2.24) is 0 Å². The highest BCUT2D eigenvalue weighted by molar-refractivity contribution is 5.40. The van der Waals surface area contributed by atoms with Crippen LogP contribution in [0.4, 0.5) is 0 Å². The lowest BCUT2D eigenvalue weighted by Gasteiger charge is -2.14. The molecule has 1 rings (SSSR count). The molecule has 0 aromatic heterocycles. The van der Waals surface area contributed by atoms with Gasteiger partial charge in [-0.2, -0.15) is 0 Å². The number of hydrogen-bond donors (Lipinski definition) is 1. The molecule has 0 fully saturated rings. The Hall–Kier alpha value is -1.66. The molecular weight excluding hydrogens is 226 g/mol. The third-order valence-electron chi connectivity index (χ3n) is 2.53. The molecule has 3 heteroatoms. The van der Waals surface area contributed by atoms with E-state index < -0.39 is 0 Å². The van der Waals surface area contributed by atoms with Gasteiger partial charge in [0.05, 0.1) is 13.7 Å². The molecule has 0 spiro atoms. The van der Waals surface area contributed by atoms with Gasteiger partial charge < -0.3 is 15.2 Å².